The lowest BCUT2D eigenvalue weighted by Gasteiger charge is -2.22. The highest BCUT2D eigenvalue weighted by atomic mass is 15.5. The van der Waals surface area contributed by atoms with E-state index in [0.717, 1.165) is 62.8 Å². The zero-order valence-electron chi connectivity index (χ0n) is 16.4. The van der Waals surface area contributed by atoms with E-state index in [2.05, 4.69) is 59.1 Å². The van der Waals surface area contributed by atoms with Gasteiger partial charge < -0.3 is 4.90 Å². The fraction of sp³-hybridized carbons (Fsp3) is 0.579. The van der Waals surface area contributed by atoms with Gasteiger partial charge in [-0.25, -0.2) is 9.50 Å². The van der Waals surface area contributed by atoms with Gasteiger partial charge in [0, 0.05) is 31.6 Å². The molecule has 0 spiro atoms. The van der Waals surface area contributed by atoms with Gasteiger partial charge in [-0.15, -0.1) is 5.10 Å². The van der Waals surface area contributed by atoms with E-state index in [1.165, 1.54) is 0 Å². The molecule has 3 aromatic rings. The molecule has 0 saturated carbocycles. The highest BCUT2D eigenvalue weighted by molar-refractivity contribution is 5.47. The molecular formula is C19H28N8. The van der Waals surface area contributed by atoms with Gasteiger partial charge in [-0.2, -0.15) is 15.0 Å². The monoisotopic (exact) mass is 368 g/mol. The van der Waals surface area contributed by atoms with Gasteiger partial charge in [0.25, 0.3) is 0 Å². The molecule has 27 heavy (non-hydrogen) atoms. The molecule has 0 aliphatic carbocycles. The Labute approximate surface area is 159 Å². The molecule has 0 bridgehead atoms. The minimum absolute atomic E-state index is 0.0282. The molecule has 0 amide bonds. The van der Waals surface area contributed by atoms with Crippen LogP contribution < -0.4 is 4.90 Å². The fourth-order valence-corrected chi connectivity index (χ4v) is 3.42. The number of anilines is 1. The van der Waals surface area contributed by atoms with Crippen LogP contribution in [-0.2, 0) is 12.0 Å². The normalized spacial score (nSPS) is 16.8. The first-order chi connectivity index (χ1) is 13.0. The van der Waals surface area contributed by atoms with E-state index in [0.29, 0.717) is 0 Å². The highest BCUT2D eigenvalue weighted by Gasteiger charge is 2.20. The summed E-state index contributed by atoms with van der Waals surface area (Å²) in [5, 5.41) is 13.2. The summed E-state index contributed by atoms with van der Waals surface area (Å²) < 4.78 is 1.92. The minimum atomic E-state index is 0.0282. The van der Waals surface area contributed by atoms with E-state index < -0.39 is 0 Å². The number of aromatic nitrogens is 6. The summed E-state index contributed by atoms with van der Waals surface area (Å²) in [6, 6.07) is 4.17. The first kappa shape index (κ1) is 17.9. The smallest absolute Gasteiger partial charge is 0.153 e. The van der Waals surface area contributed by atoms with Crippen molar-refractivity contribution in [2.45, 2.75) is 39.2 Å². The van der Waals surface area contributed by atoms with Crippen LogP contribution in [0.15, 0.2) is 30.7 Å². The van der Waals surface area contributed by atoms with Crippen LogP contribution in [0.5, 0.6) is 0 Å². The Morgan fingerprint density at radius 2 is 1.78 bits per heavy atom. The van der Waals surface area contributed by atoms with Crippen LogP contribution in [0.2, 0.25) is 0 Å². The number of rotatable bonds is 4. The molecule has 8 heteroatoms. The van der Waals surface area contributed by atoms with Crippen molar-refractivity contribution in [3.8, 4) is 0 Å². The minimum Gasteiger partial charge on any atom is -0.354 e. The molecule has 144 valence electrons. The van der Waals surface area contributed by atoms with Crippen molar-refractivity contribution < 1.29 is 0 Å². The van der Waals surface area contributed by atoms with Gasteiger partial charge in [0.15, 0.2) is 5.65 Å². The van der Waals surface area contributed by atoms with Crippen molar-refractivity contribution in [2.75, 3.05) is 37.6 Å². The summed E-state index contributed by atoms with van der Waals surface area (Å²) in [7, 11) is 0. The Kier molecular flexibility index (Phi) is 4.82. The van der Waals surface area contributed by atoms with Gasteiger partial charge in [0.1, 0.15) is 5.82 Å². The van der Waals surface area contributed by atoms with Gasteiger partial charge in [-0.05, 0) is 25.1 Å². The molecule has 0 unspecified atom stereocenters. The van der Waals surface area contributed by atoms with E-state index in [4.69, 9.17) is 10.1 Å². The molecule has 0 atom stereocenters. The average Bonchev–Trinajstić information content (AvgIpc) is 3.24. The van der Waals surface area contributed by atoms with Gasteiger partial charge >= 0.3 is 0 Å². The predicted molar refractivity (Wildman–Crippen MR) is 105 cm³/mol. The quantitative estimate of drug-likeness (QED) is 0.700. The molecule has 1 aliphatic rings. The van der Waals surface area contributed by atoms with E-state index in [9.17, 15) is 0 Å². The Bertz CT molecular complexity index is 877. The maximum Gasteiger partial charge on any atom is 0.153 e. The Morgan fingerprint density at radius 1 is 0.963 bits per heavy atom. The van der Waals surface area contributed by atoms with Crippen LogP contribution in [0.4, 0.5) is 5.82 Å². The lowest BCUT2D eigenvalue weighted by molar-refractivity contribution is 0.269. The van der Waals surface area contributed by atoms with Gasteiger partial charge in [0.05, 0.1) is 30.8 Å². The van der Waals surface area contributed by atoms with Crippen LogP contribution in [0.1, 0.15) is 32.9 Å². The summed E-state index contributed by atoms with van der Waals surface area (Å²) in [5.41, 5.74) is 2.01. The average molecular weight is 368 g/mol. The molecule has 3 aromatic heterocycles. The molecule has 4 heterocycles. The van der Waals surface area contributed by atoms with Crippen molar-refractivity contribution in [2.24, 2.45) is 0 Å². The standard InChI is InChI=1S/C19H28N8/c1-19(2,3)16-15-26-17(22-16)5-6-18(23-26)25-10-4-9-24(11-13-25)12-14-27-20-7-8-21-27/h5-8,15H,4,9-14H2,1-3H3. The van der Waals surface area contributed by atoms with Crippen LogP contribution in [0, 0.1) is 0 Å². The number of fused-ring (bicyclic) bond motifs is 1. The van der Waals surface area contributed by atoms with Gasteiger partial charge in [-0.1, -0.05) is 20.8 Å². The second-order valence-corrected chi connectivity index (χ2v) is 8.18. The summed E-state index contributed by atoms with van der Waals surface area (Å²) in [6.45, 7) is 12.5. The zero-order chi connectivity index (χ0) is 18.9. The second-order valence-electron chi connectivity index (χ2n) is 8.18. The molecular weight excluding hydrogens is 340 g/mol. The third kappa shape index (κ3) is 4.10. The number of hydrogen-bond acceptors (Lipinski definition) is 6. The third-order valence-electron chi connectivity index (χ3n) is 5.07. The fourth-order valence-electron chi connectivity index (χ4n) is 3.42. The molecule has 8 nitrogen and oxygen atoms in total. The van der Waals surface area contributed by atoms with Crippen molar-refractivity contribution in [3.63, 3.8) is 0 Å². The van der Waals surface area contributed by atoms with E-state index in [-0.39, 0.29) is 5.41 Å². The summed E-state index contributed by atoms with van der Waals surface area (Å²) in [4.78, 5) is 11.3. The summed E-state index contributed by atoms with van der Waals surface area (Å²) >= 11 is 0. The molecule has 0 aromatic carbocycles. The van der Waals surface area contributed by atoms with E-state index in [1.807, 2.05) is 4.52 Å². The van der Waals surface area contributed by atoms with Crippen LogP contribution in [-0.4, -0.2) is 67.2 Å². The van der Waals surface area contributed by atoms with Crippen LogP contribution in [0.25, 0.3) is 5.65 Å². The number of imidazole rings is 1. The lowest BCUT2D eigenvalue weighted by Crippen LogP contribution is -2.33. The SMILES string of the molecule is CC(C)(C)c1cn2nc(N3CCCN(CCn4nccn4)CC3)ccc2n1. The molecule has 0 N–H and O–H groups in total. The largest absolute Gasteiger partial charge is 0.354 e. The zero-order valence-corrected chi connectivity index (χ0v) is 16.4. The lowest BCUT2D eigenvalue weighted by atomic mass is 9.93. The molecule has 1 aliphatic heterocycles. The molecule has 0 radical (unpaired) electrons. The maximum atomic E-state index is 4.82. The maximum absolute atomic E-state index is 4.82. The first-order valence-electron chi connectivity index (χ1n) is 9.67. The van der Waals surface area contributed by atoms with Crippen molar-refractivity contribution in [3.05, 3.63) is 36.4 Å². The number of hydrogen-bond donors (Lipinski definition) is 0. The van der Waals surface area contributed by atoms with Crippen molar-refractivity contribution >= 4 is 11.5 Å². The topological polar surface area (TPSA) is 67.4 Å². The van der Waals surface area contributed by atoms with Crippen LogP contribution in [0.3, 0.4) is 0 Å². The van der Waals surface area contributed by atoms with Crippen molar-refractivity contribution in [1.29, 1.82) is 0 Å². The van der Waals surface area contributed by atoms with Gasteiger partial charge in [0.2, 0.25) is 0 Å². The Hall–Kier alpha value is -2.48. The Morgan fingerprint density at radius 3 is 2.56 bits per heavy atom. The molecule has 4 rings (SSSR count). The summed E-state index contributed by atoms with van der Waals surface area (Å²) in [6.07, 6.45) is 6.64. The van der Waals surface area contributed by atoms with Crippen molar-refractivity contribution in [1.82, 2.24) is 34.5 Å². The first-order valence-corrected chi connectivity index (χ1v) is 9.67. The predicted octanol–water partition coefficient (Wildman–Crippen LogP) is 1.83. The van der Waals surface area contributed by atoms with Gasteiger partial charge in [-0.3, -0.25) is 4.90 Å². The molecule has 1 fully saturated rings. The Balaban J connectivity index is 1.42. The summed E-state index contributed by atoms with van der Waals surface area (Å²) in [5.74, 6) is 1.02. The van der Waals surface area contributed by atoms with E-state index in [1.54, 1.807) is 17.2 Å². The third-order valence-corrected chi connectivity index (χ3v) is 5.07. The highest BCUT2D eigenvalue weighted by Crippen LogP contribution is 2.22. The molecule has 1 saturated heterocycles. The van der Waals surface area contributed by atoms with Crippen LogP contribution >= 0.6 is 0 Å². The second kappa shape index (κ2) is 7.26. The number of nitrogens with zero attached hydrogens (tertiary/aromatic N) is 8. The van der Waals surface area contributed by atoms with E-state index >= 15 is 0 Å².